The largest absolute Gasteiger partial charge is 0.481 e. The molecule has 31 heavy (non-hydrogen) atoms. The highest BCUT2D eigenvalue weighted by Gasteiger charge is 2.37. The van der Waals surface area contributed by atoms with Gasteiger partial charge in [0.2, 0.25) is 0 Å². The summed E-state index contributed by atoms with van der Waals surface area (Å²) in [5, 5.41) is 9.56. The van der Waals surface area contributed by atoms with Crippen LogP contribution in [0.25, 0.3) is 0 Å². The number of unbranched alkanes of at least 4 members (excludes halogenated alkanes) is 7. The predicted octanol–water partition coefficient (Wildman–Crippen LogP) is 7.93. The number of aliphatic carboxylic acids is 1. The summed E-state index contributed by atoms with van der Waals surface area (Å²) in [4.78, 5) is 24.7. The van der Waals surface area contributed by atoms with E-state index in [4.69, 9.17) is 4.74 Å². The van der Waals surface area contributed by atoms with E-state index in [2.05, 4.69) is 20.8 Å². The zero-order valence-electron chi connectivity index (χ0n) is 20.7. The van der Waals surface area contributed by atoms with Gasteiger partial charge in [-0.15, -0.1) is 0 Å². The summed E-state index contributed by atoms with van der Waals surface area (Å²) >= 11 is 0. The van der Waals surface area contributed by atoms with Crippen molar-refractivity contribution >= 4 is 11.9 Å². The lowest BCUT2D eigenvalue weighted by Crippen LogP contribution is -2.36. The van der Waals surface area contributed by atoms with E-state index in [-0.39, 0.29) is 12.1 Å². The maximum absolute atomic E-state index is 13.0. The van der Waals surface area contributed by atoms with Crippen molar-refractivity contribution in [1.29, 1.82) is 0 Å². The maximum atomic E-state index is 13.0. The Bertz CT molecular complexity index is 476. The third kappa shape index (κ3) is 11.9. The van der Waals surface area contributed by atoms with Gasteiger partial charge in [0.25, 0.3) is 0 Å². The minimum Gasteiger partial charge on any atom is -0.481 e. The number of carbonyl (C=O) groups excluding carboxylic acids is 1. The lowest BCUT2D eigenvalue weighted by Gasteiger charge is -2.30. The second-order valence-corrected chi connectivity index (χ2v) is 9.84. The number of carboxylic acids is 1. The van der Waals surface area contributed by atoms with Crippen LogP contribution < -0.4 is 0 Å². The molecule has 0 aromatic carbocycles. The first-order valence-electron chi connectivity index (χ1n) is 13.5. The van der Waals surface area contributed by atoms with Gasteiger partial charge < -0.3 is 9.84 Å². The van der Waals surface area contributed by atoms with Crippen LogP contribution in [0.4, 0.5) is 0 Å². The Morgan fingerprint density at radius 3 is 2.00 bits per heavy atom. The van der Waals surface area contributed by atoms with Crippen LogP contribution in [0.2, 0.25) is 0 Å². The average molecular weight is 439 g/mol. The molecule has 4 heteroatoms. The Morgan fingerprint density at radius 2 is 1.35 bits per heavy atom. The maximum Gasteiger partial charge on any atom is 0.310 e. The second-order valence-electron chi connectivity index (χ2n) is 9.84. The van der Waals surface area contributed by atoms with Crippen molar-refractivity contribution in [3.8, 4) is 0 Å². The molecule has 0 spiro atoms. The summed E-state index contributed by atoms with van der Waals surface area (Å²) in [6, 6.07) is 0. The topological polar surface area (TPSA) is 63.6 Å². The molecule has 4 unspecified atom stereocenters. The van der Waals surface area contributed by atoms with E-state index in [0.29, 0.717) is 18.8 Å². The van der Waals surface area contributed by atoms with Crippen molar-refractivity contribution in [2.24, 2.45) is 17.8 Å². The first kappa shape index (κ1) is 28.0. The summed E-state index contributed by atoms with van der Waals surface area (Å²) in [6.07, 6.45) is 19.6. The van der Waals surface area contributed by atoms with Gasteiger partial charge in [0.1, 0.15) is 6.10 Å². The Kier molecular flexibility index (Phi) is 15.8. The molecular weight excluding hydrogens is 388 g/mol. The molecule has 0 aromatic rings. The summed E-state index contributed by atoms with van der Waals surface area (Å²) in [5.41, 5.74) is 0. The van der Waals surface area contributed by atoms with E-state index in [1.165, 1.54) is 64.2 Å². The summed E-state index contributed by atoms with van der Waals surface area (Å²) < 4.78 is 6.08. The van der Waals surface area contributed by atoms with Crippen molar-refractivity contribution < 1.29 is 19.4 Å². The molecule has 4 atom stereocenters. The quantitative estimate of drug-likeness (QED) is 0.174. The van der Waals surface area contributed by atoms with Crippen molar-refractivity contribution in [2.45, 2.75) is 142 Å². The van der Waals surface area contributed by atoms with Gasteiger partial charge in [-0.1, -0.05) is 104 Å². The molecule has 0 bridgehead atoms. The van der Waals surface area contributed by atoms with Gasteiger partial charge in [-0.3, -0.25) is 9.59 Å². The van der Waals surface area contributed by atoms with Crippen LogP contribution in [0.15, 0.2) is 0 Å². The van der Waals surface area contributed by atoms with Crippen LogP contribution >= 0.6 is 0 Å². The fourth-order valence-corrected chi connectivity index (χ4v) is 5.18. The van der Waals surface area contributed by atoms with Gasteiger partial charge in [0, 0.05) is 0 Å². The molecule has 0 saturated heterocycles. The standard InChI is InChI=1S/C27H50O4/c1-4-7-9-10-11-13-18-23(21-22(16-6-3)17-12-8-5-2)31-27(30)25-20-15-14-19-24(25)26(28)29/h22-25H,4-21H2,1-3H3,(H,28,29). The molecule has 1 fully saturated rings. The first-order chi connectivity index (χ1) is 15.0. The van der Waals surface area contributed by atoms with E-state index in [0.717, 1.165) is 38.5 Å². The number of carbonyl (C=O) groups is 2. The van der Waals surface area contributed by atoms with Crippen LogP contribution in [0.1, 0.15) is 136 Å². The number of rotatable bonds is 18. The minimum atomic E-state index is -0.836. The van der Waals surface area contributed by atoms with Gasteiger partial charge in [-0.25, -0.2) is 0 Å². The lowest BCUT2D eigenvalue weighted by atomic mass is 9.79. The monoisotopic (exact) mass is 438 g/mol. The first-order valence-corrected chi connectivity index (χ1v) is 13.5. The molecule has 1 saturated carbocycles. The molecule has 182 valence electrons. The SMILES string of the molecule is CCCCCCCCC(CC(CCC)CCCCC)OC(=O)C1CCCCC1C(=O)O. The highest BCUT2D eigenvalue weighted by Crippen LogP contribution is 2.33. The van der Waals surface area contributed by atoms with Crippen LogP contribution in [0.3, 0.4) is 0 Å². The number of hydrogen-bond donors (Lipinski definition) is 1. The summed E-state index contributed by atoms with van der Waals surface area (Å²) in [5.74, 6) is -1.49. The number of ether oxygens (including phenoxy) is 1. The lowest BCUT2D eigenvalue weighted by molar-refractivity contribution is -0.164. The molecular formula is C27H50O4. The Morgan fingerprint density at radius 1 is 0.774 bits per heavy atom. The molecule has 4 nitrogen and oxygen atoms in total. The average Bonchev–Trinajstić information content (AvgIpc) is 2.76. The van der Waals surface area contributed by atoms with Gasteiger partial charge in [-0.05, 0) is 38.0 Å². The zero-order chi connectivity index (χ0) is 22.9. The van der Waals surface area contributed by atoms with E-state index < -0.39 is 17.8 Å². The van der Waals surface area contributed by atoms with Gasteiger partial charge in [0.05, 0.1) is 11.8 Å². The molecule has 0 aromatic heterocycles. The number of hydrogen-bond acceptors (Lipinski definition) is 3. The van der Waals surface area contributed by atoms with Gasteiger partial charge in [-0.2, -0.15) is 0 Å². The summed E-state index contributed by atoms with van der Waals surface area (Å²) in [6.45, 7) is 6.71. The minimum absolute atomic E-state index is 0.0479. The Hall–Kier alpha value is -1.06. The number of esters is 1. The predicted molar refractivity (Wildman–Crippen MR) is 128 cm³/mol. The molecule has 1 aliphatic rings. The fraction of sp³-hybridized carbons (Fsp3) is 0.926. The third-order valence-electron chi connectivity index (χ3n) is 7.06. The van der Waals surface area contributed by atoms with Crippen molar-refractivity contribution in [3.63, 3.8) is 0 Å². The molecule has 1 N–H and O–H groups in total. The molecule has 0 heterocycles. The van der Waals surface area contributed by atoms with E-state index >= 15 is 0 Å². The highest BCUT2D eigenvalue weighted by molar-refractivity contribution is 5.81. The zero-order valence-corrected chi connectivity index (χ0v) is 20.7. The Labute approximate surface area is 191 Å². The van der Waals surface area contributed by atoms with E-state index in [1.807, 2.05) is 0 Å². The van der Waals surface area contributed by atoms with Gasteiger partial charge >= 0.3 is 11.9 Å². The van der Waals surface area contributed by atoms with E-state index in [9.17, 15) is 14.7 Å². The molecule has 1 aliphatic carbocycles. The molecule has 0 aliphatic heterocycles. The van der Waals surface area contributed by atoms with Crippen molar-refractivity contribution in [1.82, 2.24) is 0 Å². The van der Waals surface area contributed by atoms with Crippen LogP contribution in [0, 0.1) is 17.8 Å². The third-order valence-corrected chi connectivity index (χ3v) is 7.06. The van der Waals surface area contributed by atoms with E-state index in [1.54, 1.807) is 0 Å². The Balaban J connectivity index is 2.69. The second kappa shape index (κ2) is 17.5. The van der Waals surface area contributed by atoms with Crippen LogP contribution in [0.5, 0.6) is 0 Å². The van der Waals surface area contributed by atoms with Crippen LogP contribution in [-0.2, 0) is 14.3 Å². The van der Waals surface area contributed by atoms with Crippen molar-refractivity contribution in [3.05, 3.63) is 0 Å². The number of carboxylic acid groups (broad SMARTS) is 1. The normalized spacial score (nSPS) is 20.9. The van der Waals surface area contributed by atoms with Gasteiger partial charge in [0.15, 0.2) is 0 Å². The van der Waals surface area contributed by atoms with Crippen molar-refractivity contribution in [2.75, 3.05) is 0 Å². The molecule has 1 rings (SSSR count). The highest BCUT2D eigenvalue weighted by atomic mass is 16.5. The molecule has 0 radical (unpaired) electrons. The smallest absolute Gasteiger partial charge is 0.310 e. The van der Waals surface area contributed by atoms with Crippen LogP contribution in [-0.4, -0.2) is 23.1 Å². The molecule has 0 amide bonds. The summed E-state index contributed by atoms with van der Waals surface area (Å²) in [7, 11) is 0. The fourth-order valence-electron chi connectivity index (χ4n) is 5.18.